The van der Waals surface area contributed by atoms with Crippen molar-refractivity contribution in [2.45, 2.75) is 27.2 Å². The van der Waals surface area contributed by atoms with E-state index in [0.717, 1.165) is 11.6 Å². The van der Waals surface area contributed by atoms with Crippen LogP contribution in [0.1, 0.15) is 24.1 Å². The second-order valence-corrected chi connectivity index (χ2v) is 7.05. The summed E-state index contributed by atoms with van der Waals surface area (Å²) in [6.07, 6.45) is 0.346. The highest BCUT2D eigenvalue weighted by Gasteiger charge is 2.22. The van der Waals surface area contributed by atoms with Crippen LogP contribution in [0.25, 0.3) is 27.7 Å². The van der Waals surface area contributed by atoms with Gasteiger partial charge in [-0.05, 0) is 44.0 Å². The summed E-state index contributed by atoms with van der Waals surface area (Å²) in [5, 5.41) is 4.24. The second-order valence-electron chi connectivity index (χ2n) is 7.05. The zero-order chi connectivity index (χ0) is 21.7. The molecule has 30 heavy (non-hydrogen) atoms. The molecule has 0 amide bonds. The standard InChI is InChI=1S/C22H18F3N3O2/c1-4-13-8-18(29)14-6-5-12(19-10(2)27-30-11(19)3)7-16(14)28(13)17-9-15(26)20(23)22(25)21(17)24/h5-9H,4,26H2,1-3H3. The molecule has 8 heteroatoms. The van der Waals surface area contributed by atoms with E-state index < -0.39 is 23.1 Å². The molecule has 0 fully saturated rings. The molecule has 2 aromatic heterocycles. The molecule has 2 heterocycles. The molecule has 154 valence electrons. The van der Waals surface area contributed by atoms with Crippen LogP contribution in [0.5, 0.6) is 0 Å². The van der Waals surface area contributed by atoms with E-state index in [9.17, 15) is 18.0 Å². The molecule has 0 atom stereocenters. The number of rotatable bonds is 3. The zero-order valence-electron chi connectivity index (χ0n) is 16.5. The highest BCUT2D eigenvalue weighted by Crippen LogP contribution is 2.32. The van der Waals surface area contributed by atoms with Crippen molar-refractivity contribution in [1.29, 1.82) is 0 Å². The van der Waals surface area contributed by atoms with Gasteiger partial charge in [-0.1, -0.05) is 18.1 Å². The smallest absolute Gasteiger partial charge is 0.198 e. The van der Waals surface area contributed by atoms with Gasteiger partial charge >= 0.3 is 0 Å². The van der Waals surface area contributed by atoms with Crippen LogP contribution in [0.2, 0.25) is 0 Å². The Morgan fingerprint density at radius 1 is 1.07 bits per heavy atom. The summed E-state index contributed by atoms with van der Waals surface area (Å²) in [7, 11) is 0. The van der Waals surface area contributed by atoms with Crippen LogP contribution in [-0.2, 0) is 6.42 Å². The van der Waals surface area contributed by atoms with Crippen LogP contribution in [0.4, 0.5) is 18.9 Å². The monoisotopic (exact) mass is 413 g/mol. The lowest BCUT2D eigenvalue weighted by molar-refractivity contribution is 0.393. The van der Waals surface area contributed by atoms with E-state index in [4.69, 9.17) is 10.3 Å². The molecule has 0 saturated heterocycles. The van der Waals surface area contributed by atoms with Gasteiger partial charge < -0.3 is 14.8 Å². The summed E-state index contributed by atoms with van der Waals surface area (Å²) in [6, 6.07) is 7.41. The predicted octanol–water partition coefficient (Wildman–Crippen LogP) is 4.82. The highest BCUT2D eigenvalue weighted by molar-refractivity contribution is 5.87. The Kier molecular flexibility index (Phi) is 4.64. The lowest BCUT2D eigenvalue weighted by Gasteiger charge is -2.18. The Hall–Kier alpha value is -3.55. The molecule has 0 aliphatic rings. The summed E-state index contributed by atoms with van der Waals surface area (Å²) < 4.78 is 49.3. The van der Waals surface area contributed by atoms with E-state index in [0.29, 0.717) is 40.0 Å². The SMILES string of the molecule is CCc1cc(=O)c2ccc(-c3c(C)noc3C)cc2n1-c1cc(N)c(F)c(F)c1F. The summed E-state index contributed by atoms with van der Waals surface area (Å²) >= 11 is 0. The first kappa shape index (κ1) is 19.8. The van der Waals surface area contributed by atoms with Crippen LogP contribution < -0.4 is 11.2 Å². The maximum Gasteiger partial charge on any atom is 0.198 e. The summed E-state index contributed by atoms with van der Waals surface area (Å²) in [5.74, 6) is -3.92. The second kappa shape index (κ2) is 7.05. The molecule has 4 aromatic rings. The van der Waals surface area contributed by atoms with Crippen molar-refractivity contribution in [1.82, 2.24) is 9.72 Å². The van der Waals surface area contributed by atoms with E-state index in [1.165, 1.54) is 10.6 Å². The van der Waals surface area contributed by atoms with E-state index in [1.807, 2.05) is 0 Å². The van der Waals surface area contributed by atoms with Gasteiger partial charge in [0.1, 0.15) is 5.76 Å². The normalized spacial score (nSPS) is 11.4. The number of anilines is 1. The number of aromatic nitrogens is 2. The average Bonchev–Trinajstić information content (AvgIpc) is 3.07. The Labute approximate surface area is 169 Å². The van der Waals surface area contributed by atoms with Crippen LogP contribution >= 0.6 is 0 Å². The minimum atomic E-state index is -1.67. The molecule has 0 unspecified atom stereocenters. The topological polar surface area (TPSA) is 74.0 Å². The number of pyridine rings is 1. The average molecular weight is 413 g/mol. The van der Waals surface area contributed by atoms with Gasteiger partial charge in [-0.15, -0.1) is 0 Å². The number of nitrogens with two attached hydrogens (primary N) is 1. The van der Waals surface area contributed by atoms with E-state index in [1.54, 1.807) is 39.0 Å². The van der Waals surface area contributed by atoms with Crippen molar-refractivity contribution in [3.8, 4) is 16.8 Å². The fourth-order valence-corrected chi connectivity index (χ4v) is 3.74. The number of fused-ring (bicyclic) bond motifs is 1. The molecule has 0 aliphatic carbocycles. The first-order chi connectivity index (χ1) is 14.2. The maximum atomic E-state index is 14.8. The maximum absolute atomic E-state index is 14.8. The van der Waals surface area contributed by atoms with Crippen molar-refractivity contribution >= 4 is 16.6 Å². The molecular formula is C22H18F3N3O2. The number of halogens is 3. The molecular weight excluding hydrogens is 395 g/mol. The molecule has 0 bridgehead atoms. The van der Waals surface area contributed by atoms with Crippen molar-refractivity contribution in [2.75, 3.05) is 5.73 Å². The van der Waals surface area contributed by atoms with Gasteiger partial charge in [0.2, 0.25) is 0 Å². The largest absolute Gasteiger partial charge is 0.396 e. The number of aryl methyl sites for hydroxylation is 3. The lowest BCUT2D eigenvalue weighted by Crippen LogP contribution is -2.15. The van der Waals surface area contributed by atoms with Gasteiger partial charge in [-0.25, -0.2) is 13.2 Å². The molecule has 0 radical (unpaired) electrons. The van der Waals surface area contributed by atoms with Gasteiger partial charge in [-0.3, -0.25) is 4.79 Å². The van der Waals surface area contributed by atoms with Gasteiger partial charge in [0, 0.05) is 22.7 Å². The number of benzene rings is 2. The number of hydrogen-bond donors (Lipinski definition) is 1. The molecule has 0 saturated carbocycles. The first-order valence-electron chi connectivity index (χ1n) is 9.29. The van der Waals surface area contributed by atoms with Crippen LogP contribution in [-0.4, -0.2) is 9.72 Å². The lowest BCUT2D eigenvalue weighted by atomic mass is 10.0. The van der Waals surface area contributed by atoms with Crippen LogP contribution in [0.15, 0.2) is 39.6 Å². The van der Waals surface area contributed by atoms with Gasteiger partial charge in [0.05, 0.1) is 22.6 Å². The predicted molar refractivity (Wildman–Crippen MR) is 108 cm³/mol. The highest BCUT2D eigenvalue weighted by atomic mass is 19.2. The minimum Gasteiger partial charge on any atom is -0.396 e. The minimum absolute atomic E-state index is 0.264. The Morgan fingerprint density at radius 3 is 2.43 bits per heavy atom. The Bertz CT molecular complexity index is 1350. The molecule has 5 nitrogen and oxygen atoms in total. The third-order valence-corrected chi connectivity index (χ3v) is 5.17. The van der Waals surface area contributed by atoms with Gasteiger partial charge in [0.25, 0.3) is 0 Å². The van der Waals surface area contributed by atoms with Crippen molar-refractivity contribution in [3.05, 3.63) is 75.2 Å². The molecule has 0 aliphatic heterocycles. The number of nitrogen functional groups attached to an aromatic ring is 1. The van der Waals surface area contributed by atoms with Crippen LogP contribution in [0, 0.1) is 31.3 Å². The van der Waals surface area contributed by atoms with E-state index in [-0.39, 0.29) is 11.1 Å². The molecule has 2 N–H and O–H groups in total. The third-order valence-electron chi connectivity index (χ3n) is 5.17. The van der Waals surface area contributed by atoms with Crippen LogP contribution in [0.3, 0.4) is 0 Å². The summed E-state index contributed by atoms with van der Waals surface area (Å²) in [5.41, 5.74) is 7.33. The van der Waals surface area contributed by atoms with E-state index >= 15 is 0 Å². The zero-order valence-corrected chi connectivity index (χ0v) is 16.5. The van der Waals surface area contributed by atoms with Crippen molar-refractivity contribution < 1.29 is 17.7 Å². The molecule has 2 aromatic carbocycles. The van der Waals surface area contributed by atoms with Crippen molar-refractivity contribution in [2.24, 2.45) is 0 Å². The molecule has 4 rings (SSSR count). The number of hydrogen-bond acceptors (Lipinski definition) is 4. The van der Waals surface area contributed by atoms with Gasteiger partial charge in [0.15, 0.2) is 22.9 Å². The Balaban J connectivity index is 2.15. The fourth-order valence-electron chi connectivity index (χ4n) is 3.74. The Morgan fingerprint density at radius 2 is 1.80 bits per heavy atom. The fraction of sp³-hybridized carbons (Fsp3) is 0.182. The summed E-state index contributed by atoms with van der Waals surface area (Å²) in [4.78, 5) is 12.6. The third kappa shape index (κ3) is 2.87. The number of nitrogens with zero attached hydrogens (tertiary/aromatic N) is 2. The first-order valence-corrected chi connectivity index (χ1v) is 9.29. The van der Waals surface area contributed by atoms with Crippen molar-refractivity contribution in [3.63, 3.8) is 0 Å². The quantitative estimate of drug-likeness (QED) is 0.386. The van der Waals surface area contributed by atoms with E-state index in [2.05, 4.69) is 5.16 Å². The molecule has 0 spiro atoms. The summed E-state index contributed by atoms with van der Waals surface area (Å²) in [6.45, 7) is 5.31. The van der Waals surface area contributed by atoms with Gasteiger partial charge in [-0.2, -0.15) is 0 Å².